The van der Waals surface area contributed by atoms with Gasteiger partial charge in [-0.3, -0.25) is 4.18 Å². The average molecular weight is 892 g/mol. The van der Waals surface area contributed by atoms with E-state index in [1.54, 1.807) is 36.4 Å². The largest absolute Gasteiger partial charge is 0.414 e. The van der Waals surface area contributed by atoms with Crippen LogP contribution < -0.4 is 0 Å². The lowest BCUT2D eigenvalue weighted by Gasteiger charge is -2.44. The summed E-state index contributed by atoms with van der Waals surface area (Å²) in [4.78, 5) is 0.379. The molecule has 14 heteroatoms. The van der Waals surface area contributed by atoms with Gasteiger partial charge in [0.2, 0.25) is 0 Å². The van der Waals surface area contributed by atoms with E-state index in [1.165, 1.54) is 12.1 Å². The lowest BCUT2D eigenvalue weighted by molar-refractivity contribution is -0.00930. The van der Waals surface area contributed by atoms with Crippen LogP contribution in [-0.2, 0) is 32.2 Å². The molecule has 2 aliphatic carbocycles. The summed E-state index contributed by atoms with van der Waals surface area (Å²) >= 11 is 0. The van der Waals surface area contributed by atoms with Crippen LogP contribution in [0.1, 0.15) is 117 Å². The van der Waals surface area contributed by atoms with Gasteiger partial charge < -0.3 is 19.1 Å². The minimum absolute atomic E-state index is 0.0783. The predicted molar refractivity (Wildman–Crippen MR) is 239 cm³/mol. The Morgan fingerprint density at radius 2 is 0.982 bits per heavy atom. The molecular weight excluding hydrogens is 816 g/mol. The fourth-order valence-corrected chi connectivity index (χ4v) is 11.1. The molecule has 2 aliphatic rings. The van der Waals surface area contributed by atoms with Crippen LogP contribution >= 0.6 is 10.7 Å². The topological polar surface area (TPSA) is 136 Å². The van der Waals surface area contributed by atoms with Crippen LogP contribution in [0.3, 0.4) is 0 Å². The number of benzene rings is 2. The van der Waals surface area contributed by atoms with Crippen molar-refractivity contribution in [3.63, 3.8) is 0 Å². The molecule has 2 fully saturated rings. The fourth-order valence-electron chi connectivity index (χ4n) is 6.47. The standard InChI is InChI=1S/C22H38O4SSi.C14H30O3Si.C7H7ClO2S/c1-8-22(17-25-27(23,24)20-11-9-18(2)10-12-20)15-13-19(14-16-22)26-28(6,7)21(3,4)5;1-13(2,3)18(4,5)17-12-6-8-14(10-15,11-16)9-7-12;1-6-2-4-7(5-3-6)11(8,9)10/h9-12,19H,8,13-17H2,1-7H3;12,15-16H,6-11H2,1-5H3;2-5H,1H3. The number of halogens is 1. The van der Waals surface area contributed by atoms with Gasteiger partial charge in [-0.1, -0.05) is 83.9 Å². The van der Waals surface area contributed by atoms with Crippen LogP contribution in [0.5, 0.6) is 0 Å². The Morgan fingerprint density at radius 3 is 1.28 bits per heavy atom. The third kappa shape index (κ3) is 15.7. The van der Waals surface area contributed by atoms with E-state index in [4.69, 9.17) is 23.7 Å². The third-order valence-electron chi connectivity index (χ3n) is 13.1. The molecule has 0 amide bonds. The lowest BCUT2D eigenvalue weighted by atomic mass is 9.72. The molecular formula is C43H75ClO9S2Si2. The summed E-state index contributed by atoms with van der Waals surface area (Å²) in [5.41, 5.74) is 1.70. The van der Waals surface area contributed by atoms with Gasteiger partial charge in [0.05, 0.1) is 29.6 Å². The van der Waals surface area contributed by atoms with Gasteiger partial charge in [-0.05, 0) is 138 Å². The van der Waals surface area contributed by atoms with Crippen molar-refractivity contribution < 1.29 is 40.1 Å². The van der Waals surface area contributed by atoms with Crippen molar-refractivity contribution in [3.05, 3.63) is 59.7 Å². The number of hydrogen-bond donors (Lipinski definition) is 2. The lowest BCUT2D eigenvalue weighted by Crippen LogP contribution is -2.46. The van der Waals surface area contributed by atoms with E-state index in [0.717, 1.165) is 68.9 Å². The number of rotatable bonds is 12. The zero-order valence-electron chi connectivity index (χ0n) is 37.2. The van der Waals surface area contributed by atoms with Crippen molar-refractivity contribution in [1.29, 1.82) is 0 Å². The minimum atomic E-state index is -3.71. The Morgan fingerprint density at radius 1 is 0.649 bits per heavy atom. The van der Waals surface area contributed by atoms with Gasteiger partial charge in [0.25, 0.3) is 19.2 Å². The number of aryl methyl sites for hydroxylation is 2. The molecule has 0 bridgehead atoms. The maximum absolute atomic E-state index is 12.6. The smallest absolute Gasteiger partial charge is 0.296 e. The summed E-state index contributed by atoms with van der Waals surface area (Å²) in [6, 6.07) is 13.2. The molecule has 57 heavy (non-hydrogen) atoms. The first-order valence-corrected chi connectivity index (χ1v) is 30.0. The molecule has 2 saturated carbocycles. The van der Waals surface area contributed by atoms with E-state index < -0.39 is 35.8 Å². The van der Waals surface area contributed by atoms with Crippen LogP contribution in [-0.4, -0.2) is 75.7 Å². The number of hydrogen-bond acceptors (Lipinski definition) is 9. The van der Waals surface area contributed by atoms with Crippen LogP contribution in [0.15, 0.2) is 58.3 Å². The van der Waals surface area contributed by atoms with Gasteiger partial charge in [-0.25, -0.2) is 8.42 Å². The molecule has 0 heterocycles. The van der Waals surface area contributed by atoms with Crippen molar-refractivity contribution in [3.8, 4) is 0 Å². The van der Waals surface area contributed by atoms with E-state index in [9.17, 15) is 27.0 Å². The fraction of sp³-hybridized carbons (Fsp3) is 0.721. The Kier molecular flexibility index (Phi) is 18.8. The maximum Gasteiger partial charge on any atom is 0.296 e. The second-order valence-electron chi connectivity index (χ2n) is 19.6. The first-order chi connectivity index (χ1) is 26.0. The van der Waals surface area contributed by atoms with Crippen LogP contribution in [0.2, 0.25) is 36.3 Å². The van der Waals surface area contributed by atoms with Gasteiger partial charge in [-0.15, -0.1) is 0 Å². The number of aliphatic hydroxyl groups is 2. The summed E-state index contributed by atoms with van der Waals surface area (Å²) < 4.78 is 65.1. The molecule has 0 aromatic heterocycles. The van der Waals surface area contributed by atoms with Gasteiger partial charge in [0.15, 0.2) is 16.6 Å². The Balaban J connectivity index is 0.000000329. The van der Waals surface area contributed by atoms with Gasteiger partial charge in [-0.2, -0.15) is 8.42 Å². The van der Waals surface area contributed by atoms with E-state index in [1.807, 2.05) is 13.8 Å². The van der Waals surface area contributed by atoms with E-state index >= 15 is 0 Å². The normalized spacial score (nSPS) is 21.2. The highest BCUT2D eigenvalue weighted by Crippen LogP contribution is 2.45. The SMILES string of the molecule is CC(C)(C)[Si](C)(C)OC1CCC(CO)(CO)CC1.CCC1(COS(=O)(=O)c2ccc(C)cc2)CCC(O[Si](C)(C)C(C)(C)C)CC1.Cc1ccc(S(=O)(=O)Cl)cc1. The van der Waals surface area contributed by atoms with Gasteiger partial charge >= 0.3 is 0 Å². The molecule has 0 atom stereocenters. The molecule has 2 N–H and O–H groups in total. The van der Waals surface area contributed by atoms with E-state index in [-0.39, 0.29) is 56.6 Å². The van der Waals surface area contributed by atoms with E-state index in [2.05, 4.69) is 74.7 Å². The molecule has 0 aliphatic heterocycles. The van der Waals surface area contributed by atoms with Crippen LogP contribution in [0.4, 0.5) is 0 Å². The monoisotopic (exact) mass is 890 g/mol. The number of aliphatic hydroxyl groups excluding tert-OH is 2. The molecule has 2 aromatic rings. The third-order valence-corrected chi connectivity index (χ3v) is 24.8. The van der Waals surface area contributed by atoms with Crippen molar-refractivity contribution in [1.82, 2.24) is 0 Å². The predicted octanol–water partition coefficient (Wildman–Crippen LogP) is 10.9. The van der Waals surface area contributed by atoms with E-state index in [0.29, 0.717) is 6.10 Å². The summed E-state index contributed by atoms with van der Waals surface area (Å²) in [6.45, 7) is 29.1. The van der Waals surface area contributed by atoms with Gasteiger partial charge in [0, 0.05) is 28.3 Å². The maximum atomic E-state index is 12.6. The summed E-state index contributed by atoms with van der Waals surface area (Å²) in [7, 11) is -5.63. The first-order valence-electron chi connectivity index (χ1n) is 20.5. The molecule has 328 valence electrons. The molecule has 4 rings (SSSR count). The molecule has 0 saturated heterocycles. The van der Waals surface area contributed by atoms with Crippen molar-refractivity contribution >= 4 is 46.5 Å². The molecule has 0 spiro atoms. The molecule has 0 radical (unpaired) electrons. The second kappa shape index (κ2) is 20.6. The van der Waals surface area contributed by atoms with Crippen LogP contribution in [0.25, 0.3) is 0 Å². The van der Waals surface area contributed by atoms with Crippen molar-refractivity contribution in [2.24, 2.45) is 10.8 Å². The van der Waals surface area contributed by atoms with Crippen molar-refractivity contribution in [2.45, 2.75) is 178 Å². The zero-order valence-corrected chi connectivity index (χ0v) is 41.6. The second-order valence-corrected chi connectivity index (χ2v) is 33.3. The van der Waals surface area contributed by atoms with Crippen molar-refractivity contribution in [2.75, 3.05) is 19.8 Å². The highest BCUT2D eigenvalue weighted by Gasteiger charge is 2.43. The molecule has 2 aromatic carbocycles. The Bertz CT molecular complexity index is 1730. The Labute approximate surface area is 353 Å². The minimum Gasteiger partial charge on any atom is -0.414 e. The average Bonchev–Trinajstić information content (AvgIpc) is 3.11. The highest BCUT2D eigenvalue weighted by atomic mass is 35.7. The summed E-state index contributed by atoms with van der Waals surface area (Å²) in [5.74, 6) is 0. The zero-order chi connectivity index (χ0) is 43.7. The van der Waals surface area contributed by atoms with Gasteiger partial charge in [0.1, 0.15) is 0 Å². The Hall–Kier alpha value is -1.14. The summed E-state index contributed by atoms with van der Waals surface area (Å²) in [6.07, 6.45) is 9.07. The molecule has 9 nitrogen and oxygen atoms in total. The quantitative estimate of drug-likeness (QED) is 0.121. The first kappa shape index (κ1) is 52.0. The highest BCUT2D eigenvalue weighted by molar-refractivity contribution is 8.13. The van der Waals surface area contributed by atoms with Crippen LogP contribution in [0, 0.1) is 24.7 Å². The molecule has 0 unspecified atom stereocenters. The summed E-state index contributed by atoms with van der Waals surface area (Å²) in [5, 5.41) is 19.2.